The summed E-state index contributed by atoms with van der Waals surface area (Å²) in [5.41, 5.74) is 1.30. The molecule has 0 aromatic heterocycles. The van der Waals surface area contributed by atoms with Crippen molar-refractivity contribution in [1.82, 2.24) is 4.90 Å². The van der Waals surface area contributed by atoms with Gasteiger partial charge in [0.15, 0.2) is 0 Å². The molecule has 2 heterocycles. The molecule has 0 aliphatic carbocycles. The quantitative estimate of drug-likeness (QED) is 0.852. The molecule has 0 saturated carbocycles. The summed E-state index contributed by atoms with van der Waals surface area (Å²) in [6.45, 7) is 3.47. The number of hydrogen-bond acceptors (Lipinski definition) is 3. The van der Waals surface area contributed by atoms with E-state index in [1.54, 1.807) is 24.3 Å². The Morgan fingerprint density at radius 3 is 2.48 bits per heavy atom. The molecule has 3 rings (SSSR count). The van der Waals surface area contributed by atoms with Crippen molar-refractivity contribution in [2.75, 3.05) is 23.1 Å². The van der Waals surface area contributed by atoms with Gasteiger partial charge in [0.2, 0.25) is 10.0 Å². The molecule has 0 N–H and O–H groups in total. The first kappa shape index (κ1) is 16.3. The number of sulfonamides is 1. The topological polar surface area (TPSA) is 57.7 Å². The van der Waals surface area contributed by atoms with Gasteiger partial charge in [0.1, 0.15) is 0 Å². The molecule has 2 aliphatic heterocycles. The maximum Gasteiger partial charge on any atom is 0.254 e. The van der Waals surface area contributed by atoms with Crippen LogP contribution in [0.1, 0.15) is 49.4 Å². The van der Waals surface area contributed by atoms with E-state index in [2.05, 4.69) is 6.92 Å². The van der Waals surface area contributed by atoms with E-state index in [0.717, 1.165) is 25.8 Å². The summed E-state index contributed by atoms with van der Waals surface area (Å²) >= 11 is 0. The number of rotatable bonds is 3. The van der Waals surface area contributed by atoms with Crippen LogP contribution < -0.4 is 4.31 Å². The number of amides is 1. The van der Waals surface area contributed by atoms with Crippen LogP contribution in [0.15, 0.2) is 24.3 Å². The molecule has 0 spiro atoms. The van der Waals surface area contributed by atoms with Crippen molar-refractivity contribution in [3.05, 3.63) is 29.8 Å². The zero-order valence-electron chi connectivity index (χ0n) is 13.6. The highest BCUT2D eigenvalue weighted by Crippen LogP contribution is 2.26. The Bertz CT molecular complexity index is 670. The van der Waals surface area contributed by atoms with Crippen LogP contribution in [-0.4, -0.2) is 44.1 Å². The van der Waals surface area contributed by atoms with Gasteiger partial charge in [0, 0.05) is 24.7 Å². The Balaban J connectivity index is 1.78. The fraction of sp³-hybridized carbons (Fsp3) is 0.588. The number of nitrogens with zero attached hydrogens (tertiary/aromatic N) is 2. The first-order valence-corrected chi connectivity index (χ1v) is 10.1. The maximum atomic E-state index is 12.7. The second-order valence-electron chi connectivity index (χ2n) is 6.34. The van der Waals surface area contributed by atoms with Gasteiger partial charge < -0.3 is 4.90 Å². The molecule has 0 unspecified atom stereocenters. The van der Waals surface area contributed by atoms with Crippen LogP contribution >= 0.6 is 0 Å². The van der Waals surface area contributed by atoms with Gasteiger partial charge in [-0.3, -0.25) is 9.10 Å². The van der Waals surface area contributed by atoms with Crippen LogP contribution in [0.4, 0.5) is 5.69 Å². The highest BCUT2D eigenvalue weighted by Gasteiger charge is 2.29. The summed E-state index contributed by atoms with van der Waals surface area (Å²) in [6, 6.07) is 7.34. The third-order valence-electron chi connectivity index (χ3n) is 4.86. The van der Waals surface area contributed by atoms with Gasteiger partial charge in [0.05, 0.1) is 11.4 Å². The minimum absolute atomic E-state index is 0.0624. The third-order valence-corrected chi connectivity index (χ3v) is 6.73. The Labute approximate surface area is 138 Å². The first-order chi connectivity index (χ1) is 11.0. The molecule has 23 heavy (non-hydrogen) atoms. The summed E-state index contributed by atoms with van der Waals surface area (Å²) in [4.78, 5) is 14.7. The second-order valence-corrected chi connectivity index (χ2v) is 8.36. The van der Waals surface area contributed by atoms with Crippen LogP contribution in [0.2, 0.25) is 0 Å². The van der Waals surface area contributed by atoms with E-state index < -0.39 is 10.0 Å². The van der Waals surface area contributed by atoms with Crippen molar-refractivity contribution in [2.45, 2.75) is 45.1 Å². The highest BCUT2D eigenvalue weighted by molar-refractivity contribution is 7.93. The molecule has 1 aromatic rings. The smallest absolute Gasteiger partial charge is 0.254 e. The van der Waals surface area contributed by atoms with Crippen molar-refractivity contribution in [1.29, 1.82) is 0 Å². The molecular weight excluding hydrogens is 312 g/mol. The zero-order chi connectivity index (χ0) is 16.4. The molecule has 0 bridgehead atoms. The molecule has 2 saturated heterocycles. The van der Waals surface area contributed by atoms with E-state index in [9.17, 15) is 13.2 Å². The van der Waals surface area contributed by atoms with E-state index in [1.165, 1.54) is 10.7 Å². The summed E-state index contributed by atoms with van der Waals surface area (Å²) in [5.74, 6) is 0.270. The summed E-state index contributed by atoms with van der Waals surface area (Å²) in [5, 5.41) is 0. The van der Waals surface area contributed by atoms with Crippen molar-refractivity contribution >= 4 is 21.6 Å². The molecule has 0 radical (unpaired) electrons. The average Bonchev–Trinajstić information content (AvgIpc) is 2.93. The number of likely N-dealkylation sites (tertiary alicyclic amines) is 1. The van der Waals surface area contributed by atoms with E-state index in [-0.39, 0.29) is 11.7 Å². The lowest BCUT2D eigenvalue weighted by molar-refractivity contribution is 0.0608. The Morgan fingerprint density at radius 2 is 1.87 bits per heavy atom. The molecule has 1 amide bonds. The standard InChI is InChI=1S/C17H24N2O3S/c1-2-15-6-3-4-11-18(15)17(20)14-7-9-16(10-8-14)19-12-5-13-23(19,21)22/h7-10,15H,2-6,11-13H2,1H3/t15-/m1/s1. The fourth-order valence-corrected chi connectivity index (χ4v) is 5.12. The van der Waals surface area contributed by atoms with Crippen molar-refractivity contribution in [3.8, 4) is 0 Å². The monoisotopic (exact) mass is 336 g/mol. The second kappa shape index (κ2) is 6.51. The normalized spacial score (nSPS) is 24.0. The van der Waals surface area contributed by atoms with Gasteiger partial charge >= 0.3 is 0 Å². The molecular formula is C17H24N2O3S. The van der Waals surface area contributed by atoms with Gasteiger partial charge in [-0.1, -0.05) is 6.92 Å². The predicted octanol–water partition coefficient (Wildman–Crippen LogP) is 2.63. The van der Waals surface area contributed by atoms with Crippen molar-refractivity contribution < 1.29 is 13.2 Å². The molecule has 1 atom stereocenters. The minimum Gasteiger partial charge on any atom is -0.336 e. The number of hydrogen-bond donors (Lipinski definition) is 0. The largest absolute Gasteiger partial charge is 0.336 e. The lowest BCUT2D eigenvalue weighted by Gasteiger charge is -2.35. The average molecular weight is 336 g/mol. The number of carbonyl (C=O) groups is 1. The number of carbonyl (C=O) groups excluding carboxylic acids is 1. The van der Waals surface area contributed by atoms with Crippen LogP contribution in [0.3, 0.4) is 0 Å². The minimum atomic E-state index is -3.17. The summed E-state index contributed by atoms with van der Waals surface area (Å²) in [6.07, 6.45) is 4.97. The zero-order valence-corrected chi connectivity index (χ0v) is 14.4. The Hall–Kier alpha value is -1.56. The van der Waals surface area contributed by atoms with Crippen molar-refractivity contribution in [2.24, 2.45) is 0 Å². The third kappa shape index (κ3) is 3.22. The van der Waals surface area contributed by atoms with E-state index in [1.807, 2.05) is 4.90 Å². The fourth-order valence-electron chi connectivity index (χ4n) is 3.56. The van der Waals surface area contributed by atoms with Crippen LogP contribution in [0.5, 0.6) is 0 Å². The highest BCUT2D eigenvalue weighted by atomic mass is 32.2. The van der Waals surface area contributed by atoms with E-state index in [0.29, 0.717) is 30.3 Å². The van der Waals surface area contributed by atoms with Crippen LogP contribution in [-0.2, 0) is 10.0 Å². The predicted molar refractivity (Wildman–Crippen MR) is 91.2 cm³/mol. The van der Waals surface area contributed by atoms with Crippen LogP contribution in [0, 0.1) is 0 Å². The Kier molecular flexibility index (Phi) is 4.62. The molecule has 2 fully saturated rings. The lowest BCUT2D eigenvalue weighted by Crippen LogP contribution is -2.43. The SMILES string of the molecule is CC[C@@H]1CCCCN1C(=O)c1ccc(N2CCCS2(=O)=O)cc1. The summed E-state index contributed by atoms with van der Waals surface area (Å²) < 4.78 is 25.4. The van der Waals surface area contributed by atoms with E-state index >= 15 is 0 Å². The van der Waals surface area contributed by atoms with E-state index in [4.69, 9.17) is 0 Å². The Morgan fingerprint density at radius 1 is 1.13 bits per heavy atom. The first-order valence-electron chi connectivity index (χ1n) is 8.44. The molecule has 6 heteroatoms. The molecule has 5 nitrogen and oxygen atoms in total. The van der Waals surface area contributed by atoms with Gasteiger partial charge in [-0.05, 0) is 56.4 Å². The molecule has 2 aliphatic rings. The number of piperidine rings is 1. The molecule has 126 valence electrons. The lowest BCUT2D eigenvalue weighted by atomic mass is 9.99. The molecule has 1 aromatic carbocycles. The van der Waals surface area contributed by atoms with Gasteiger partial charge in [0.25, 0.3) is 5.91 Å². The maximum absolute atomic E-state index is 12.7. The van der Waals surface area contributed by atoms with Gasteiger partial charge in [-0.2, -0.15) is 0 Å². The number of benzene rings is 1. The summed E-state index contributed by atoms with van der Waals surface area (Å²) in [7, 11) is -3.17. The number of anilines is 1. The van der Waals surface area contributed by atoms with Crippen molar-refractivity contribution in [3.63, 3.8) is 0 Å². The van der Waals surface area contributed by atoms with Crippen LogP contribution in [0.25, 0.3) is 0 Å². The van der Waals surface area contributed by atoms with Gasteiger partial charge in [-0.25, -0.2) is 8.42 Å². The van der Waals surface area contributed by atoms with Gasteiger partial charge in [-0.15, -0.1) is 0 Å².